The minimum Gasteiger partial charge on any atom is -0.348 e. The van der Waals surface area contributed by atoms with E-state index in [-0.39, 0.29) is 5.41 Å². The average Bonchev–Trinajstić information content (AvgIpc) is 3.11. The molecule has 0 saturated carbocycles. The lowest BCUT2D eigenvalue weighted by molar-refractivity contribution is 0.112. The molecule has 0 amide bonds. The van der Waals surface area contributed by atoms with Gasteiger partial charge in [-0.2, -0.15) is 0 Å². The van der Waals surface area contributed by atoms with Gasteiger partial charge in [-0.05, 0) is 24.7 Å². The molecular weight excluding hydrogens is 364 g/mol. The van der Waals surface area contributed by atoms with E-state index in [0.29, 0.717) is 11.8 Å². The number of carbonyl (C=O) groups is 1. The summed E-state index contributed by atoms with van der Waals surface area (Å²) in [5.74, 6) is 1.40. The molecule has 0 spiro atoms. The van der Waals surface area contributed by atoms with Gasteiger partial charge in [0, 0.05) is 18.5 Å². The van der Waals surface area contributed by atoms with Gasteiger partial charge in [0.1, 0.15) is 0 Å². The van der Waals surface area contributed by atoms with Gasteiger partial charge in [-0.3, -0.25) is 4.79 Å². The predicted octanol–water partition coefficient (Wildman–Crippen LogP) is 7.49. The third-order valence-corrected chi connectivity index (χ3v) is 6.82. The van der Waals surface area contributed by atoms with Crippen LogP contribution in [0.2, 0.25) is 0 Å². The Labute approximate surface area is 178 Å². The highest BCUT2D eigenvalue weighted by Gasteiger charge is 2.26. The van der Waals surface area contributed by atoms with Gasteiger partial charge in [0.2, 0.25) is 0 Å². The molecule has 162 valence electrons. The zero-order valence-corrected chi connectivity index (χ0v) is 20.3. The number of anilines is 1. The lowest BCUT2D eigenvalue weighted by Gasteiger charge is -2.30. The molecule has 0 bridgehead atoms. The number of aldehydes is 1. The third kappa shape index (κ3) is 7.85. The van der Waals surface area contributed by atoms with Gasteiger partial charge < -0.3 is 4.90 Å². The lowest BCUT2D eigenvalue weighted by atomic mass is 9.91. The van der Waals surface area contributed by atoms with Crippen LogP contribution in [0.5, 0.6) is 0 Å². The first-order chi connectivity index (χ1) is 13.3. The molecule has 2 unspecified atom stereocenters. The maximum absolute atomic E-state index is 11.7. The second kappa shape index (κ2) is 12.6. The number of carbonyl (C=O) groups excluding carboxylic acids is 1. The number of hydrogen-bond donors (Lipinski definition) is 0. The van der Waals surface area contributed by atoms with E-state index >= 15 is 0 Å². The quantitative estimate of drug-likeness (QED) is 0.299. The summed E-state index contributed by atoms with van der Waals surface area (Å²) in [7, 11) is 0. The molecule has 0 N–H and O–H groups in total. The van der Waals surface area contributed by atoms with E-state index in [1.165, 1.54) is 51.4 Å². The molecule has 0 aliphatic heterocycles. The van der Waals surface area contributed by atoms with Gasteiger partial charge in [-0.25, -0.2) is 4.98 Å². The number of unbranched alkanes of at least 4 members (excludes halogenated alkanes) is 2. The average molecular weight is 409 g/mol. The van der Waals surface area contributed by atoms with Crippen LogP contribution in [-0.2, 0) is 5.41 Å². The van der Waals surface area contributed by atoms with Gasteiger partial charge in [-0.15, -0.1) is 0 Å². The van der Waals surface area contributed by atoms with Crippen molar-refractivity contribution in [1.82, 2.24) is 4.98 Å². The molecule has 1 heterocycles. The second-order valence-electron chi connectivity index (χ2n) is 9.32. The normalized spacial score (nSPS) is 14.1. The Morgan fingerprint density at radius 2 is 1.46 bits per heavy atom. The molecule has 1 rings (SSSR count). The van der Waals surface area contributed by atoms with E-state index in [2.05, 4.69) is 53.4 Å². The van der Waals surface area contributed by atoms with Crippen molar-refractivity contribution in [2.24, 2.45) is 11.8 Å². The fourth-order valence-corrected chi connectivity index (χ4v) is 4.87. The van der Waals surface area contributed by atoms with Crippen molar-refractivity contribution in [2.45, 2.75) is 105 Å². The van der Waals surface area contributed by atoms with Crippen molar-refractivity contribution in [1.29, 1.82) is 0 Å². The topological polar surface area (TPSA) is 33.2 Å². The zero-order chi connectivity index (χ0) is 21.2. The summed E-state index contributed by atoms with van der Waals surface area (Å²) in [5, 5.41) is 1.05. The Bertz CT molecular complexity index is 543. The summed E-state index contributed by atoms with van der Waals surface area (Å²) in [4.78, 5) is 20.0. The minimum absolute atomic E-state index is 0.102. The van der Waals surface area contributed by atoms with Crippen molar-refractivity contribution in [3.05, 3.63) is 10.6 Å². The molecule has 3 nitrogen and oxygen atoms in total. The van der Waals surface area contributed by atoms with Crippen LogP contribution >= 0.6 is 11.3 Å². The van der Waals surface area contributed by atoms with Crippen LogP contribution in [0.1, 0.15) is 115 Å². The van der Waals surface area contributed by atoms with Crippen LogP contribution in [0.4, 0.5) is 5.13 Å². The molecular formula is C24H44N2OS. The summed E-state index contributed by atoms with van der Waals surface area (Å²) in [5.41, 5.74) is 0.853. The van der Waals surface area contributed by atoms with E-state index in [4.69, 9.17) is 4.98 Å². The smallest absolute Gasteiger partial charge is 0.186 e. The fourth-order valence-electron chi connectivity index (χ4n) is 3.76. The van der Waals surface area contributed by atoms with E-state index in [9.17, 15) is 4.79 Å². The predicted molar refractivity (Wildman–Crippen MR) is 125 cm³/mol. The van der Waals surface area contributed by atoms with Gasteiger partial charge >= 0.3 is 0 Å². The third-order valence-electron chi connectivity index (χ3n) is 5.77. The maximum Gasteiger partial charge on any atom is 0.186 e. The van der Waals surface area contributed by atoms with Crippen LogP contribution in [0.3, 0.4) is 0 Å². The maximum atomic E-state index is 11.7. The first kappa shape index (κ1) is 25.1. The van der Waals surface area contributed by atoms with Crippen molar-refractivity contribution in [3.63, 3.8) is 0 Å². The van der Waals surface area contributed by atoms with Crippen LogP contribution in [0.15, 0.2) is 0 Å². The van der Waals surface area contributed by atoms with E-state index < -0.39 is 0 Å². The Kier molecular flexibility index (Phi) is 11.3. The Morgan fingerprint density at radius 3 is 1.79 bits per heavy atom. The summed E-state index contributed by atoms with van der Waals surface area (Å²) in [6, 6.07) is 0. The summed E-state index contributed by atoms with van der Waals surface area (Å²) < 4.78 is 0. The van der Waals surface area contributed by atoms with E-state index in [1.54, 1.807) is 11.3 Å². The van der Waals surface area contributed by atoms with Crippen molar-refractivity contribution < 1.29 is 4.79 Å². The standard InChI is InChI=1S/C24H44N2OS/c1-8-12-14-19(10-3)16-26(17-20(11-4)15-13-9-2)23-25-22(24(5,6)7)21(18-27)28-23/h18-20H,8-17H2,1-7H3. The Hall–Kier alpha value is -0.900. The van der Waals surface area contributed by atoms with Crippen molar-refractivity contribution in [3.8, 4) is 0 Å². The van der Waals surface area contributed by atoms with Crippen LogP contribution in [-0.4, -0.2) is 24.4 Å². The highest BCUT2D eigenvalue weighted by molar-refractivity contribution is 7.17. The minimum atomic E-state index is -0.102. The SMILES string of the molecule is CCCCC(CC)CN(CC(CC)CCCC)c1nc(C(C)(C)C)c(C=O)s1. The van der Waals surface area contributed by atoms with Crippen LogP contribution in [0, 0.1) is 11.8 Å². The molecule has 0 aliphatic rings. The lowest BCUT2D eigenvalue weighted by Crippen LogP contribution is -2.34. The molecule has 1 aromatic heterocycles. The molecule has 0 aliphatic carbocycles. The molecule has 0 saturated heterocycles. The number of rotatable bonds is 14. The molecule has 2 atom stereocenters. The second-order valence-corrected chi connectivity index (χ2v) is 10.3. The van der Waals surface area contributed by atoms with E-state index in [0.717, 1.165) is 35.1 Å². The largest absolute Gasteiger partial charge is 0.348 e. The van der Waals surface area contributed by atoms with Crippen LogP contribution < -0.4 is 4.90 Å². The summed E-state index contributed by atoms with van der Waals surface area (Å²) in [6.45, 7) is 17.7. The first-order valence-corrected chi connectivity index (χ1v) is 12.3. The van der Waals surface area contributed by atoms with Crippen LogP contribution in [0.25, 0.3) is 0 Å². The Balaban J connectivity index is 3.14. The zero-order valence-electron chi connectivity index (χ0n) is 19.5. The van der Waals surface area contributed by atoms with Gasteiger partial charge in [0.05, 0.1) is 10.6 Å². The first-order valence-electron chi connectivity index (χ1n) is 11.5. The van der Waals surface area contributed by atoms with Crippen molar-refractivity contribution >= 4 is 22.8 Å². The summed E-state index contributed by atoms with van der Waals surface area (Å²) in [6.07, 6.45) is 11.1. The highest BCUT2D eigenvalue weighted by atomic mass is 32.1. The highest BCUT2D eigenvalue weighted by Crippen LogP contribution is 2.34. The molecule has 0 fully saturated rings. The summed E-state index contributed by atoms with van der Waals surface area (Å²) >= 11 is 1.59. The number of nitrogens with zero attached hydrogens (tertiary/aromatic N) is 2. The van der Waals surface area contributed by atoms with E-state index in [1.807, 2.05) is 0 Å². The molecule has 0 radical (unpaired) electrons. The Morgan fingerprint density at radius 1 is 0.964 bits per heavy atom. The molecule has 0 aromatic carbocycles. The number of aromatic nitrogens is 1. The number of hydrogen-bond acceptors (Lipinski definition) is 4. The number of thiazole rings is 1. The van der Waals surface area contributed by atoms with Crippen molar-refractivity contribution in [2.75, 3.05) is 18.0 Å². The monoisotopic (exact) mass is 408 g/mol. The van der Waals surface area contributed by atoms with Gasteiger partial charge in [0.25, 0.3) is 0 Å². The molecule has 1 aromatic rings. The fraction of sp³-hybridized carbons (Fsp3) is 0.833. The molecule has 4 heteroatoms. The van der Waals surface area contributed by atoms with Gasteiger partial charge in [0.15, 0.2) is 11.4 Å². The van der Waals surface area contributed by atoms with Gasteiger partial charge in [-0.1, -0.05) is 98.3 Å². The molecule has 28 heavy (non-hydrogen) atoms.